The molecule has 0 radical (unpaired) electrons. The first-order valence-electron chi connectivity index (χ1n) is 5.83. The molecule has 0 atom stereocenters. The van der Waals surface area contributed by atoms with Gasteiger partial charge in [0.15, 0.2) is 11.7 Å². The Morgan fingerprint density at radius 2 is 2.12 bits per heavy atom. The molecule has 0 N–H and O–H groups in total. The summed E-state index contributed by atoms with van der Waals surface area (Å²) >= 11 is 0. The van der Waals surface area contributed by atoms with Crippen molar-refractivity contribution >= 4 is 0 Å². The number of hydrogen-bond acceptors (Lipinski definition) is 2. The number of aromatic nitrogens is 2. The average molecular weight is 218 g/mol. The summed E-state index contributed by atoms with van der Waals surface area (Å²) < 4.78 is 7.86. The van der Waals surface area contributed by atoms with Crippen molar-refractivity contribution in [2.45, 2.75) is 32.6 Å². The van der Waals surface area contributed by atoms with Crippen molar-refractivity contribution < 1.29 is 4.42 Å². The second kappa shape index (κ2) is 4.56. The molecule has 2 aromatic heterocycles. The summed E-state index contributed by atoms with van der Waals surface area (Å²) in [6, 6.07) is 4.05. The van der Waals surface area contributed by atoms with E-state index in [2.05, 4.69) is 18.8 Å². The van der Waals surface area contributed by atoms with Crippen LogP contribution >= 0.6 is 0 Å². The second-order valence-corrected chi connectivity index (χ2v) is 4.08. The fourth-order valence-electron chi connectivity index (χ4n) is 1.95. The van der Waals surface area contributed by atoms with Crippen LogP contribution in [0, 0.1) is 0 Å². The summed E-state index contributed by atoms with van der Waals surface area (Å²) in [5, 5.41) is 0. The molecule has 0 aliphatic carbocycles. The van der Waals surface area contributed by atoms with Gasteiger partial charge >= 0.3 is 0 Å². The van der Waals surface area contributed by atoms with Crippen LogP contribution in [0.2, 0.25) is 0 Å². The van der Waals surface area contributed by atoms with Crippen LogP contribution in [0.15, 0.2) is 28.9 Å². The Morgan fingerprint density at radius 3 is 2.69 bits per heavy atom. The smallest absolute Gasteiger partial charge is 0.198 e. The first-order chi connectivity index (χ1) is 7.76. The molecule has 2 heterocycles. The largest absolute Gasteiger partial charge is 0.439 e. The summed E-state index contributed by atoms with van der Waals surface area (Å²) in [6.45, 7) is 4.33. The van der Waals surface area contributed by atoms with Gasteiger partial charge in [-0.1, -0.05) is 13.8 Å². The molecular formula is C13H18N2O. The van der Waals surface area contributed by atoms with Gasteiger partial charge in [0, 0.05) is 19.2 Å². The topological polar surface area (TPSA) is 31.0 Å². The molecule has 0 saturated heterocycles. The minimum atomic E-state index is 0.439. The molecule has 16 heavy (non-hydrogen) atoms. The second-order valence-electron chi connectivity index (χ2n) is 4.08. The molecule has 0 aromatic carbocycles. The van der Waals surface area contributed by atoms with Gasteiger partial charge in [-0.05, 0) is 25.0 Å². The fourth-order valence-corrected chi connectivity index (χ4v) is 1.95. The standard InChI is InChI=1S/C13H18N2O/c1-4-10(5-2)13-14-9-12(16-13)11-7-6-8-15(11)3/h6-10H,4-5H2,1-3H3. The van der Waals surface area contributed by atoms with Crippen LogP contribution < -0.4 is 0 Å². The van der Waals surface area contributed by atoms with Crippen molar-refractivity contribution in [3.8, 4) is 11.5 Å². The zero-order chi connectivity index (χ0) is 11.5. The van der Waals surface area contributed by atoms with Gasteiger partial charge in [0.1, 0.15) is 0 Å². The molecule has 0 fully saturated rings. The molecule has 86 valence electrons. The van der Waals surface area contributed by atoms with Gasteiger partial charge in [0.25, 0.3) is 0 Å². The highest BCUT2D eigenvalue weighted by Crippen LogP contribution is 2.27. The van der Waals surface area contributed by atoms with Gasteiger partial charge in [-0.25, -0.2) is 4.98 Å². The number of hydrogen-bond donors (Lipinski definition) is 0. The molecule has 0 unspecified atom stereocenters. The lowest BCUT2D eigenvalue weighted by atomic mass is 10.0. The third-order valence-corrected chi connectivity index (χ3v) is 3.05. The van der Waals surface area contributed by atoms with E-state index in [-0.39, 0.29) is 0 Å². The van der Waals surface area contributed by atoms with Crippen LogP contribution in [-0.2, 0) is 7.05 Å². The third-order valence-electron chi connectivity index (χ3n) is 3.05. The van der Waals surface area contributed by atoms with E-state index in [1.807, 2.05) is 36.1 Å². The van der Waals surface area contributed by atoms with Crippen LogP contribution in [0.25, 0.3) is 11.5 Å². The van der Waals surface area contributed by atoms with Crippen LogP contribution in [0.1, 0.15) is 38.5 Å². The van der Waals surface area contributed by atoms with Gasteiger partial charge in [-0.15, -0.1) is 0 Å². The minimum Gasteiger partial charge on any atom is -0.439 e. The summed E-state index contributed by atoms with van der Waals surface area (Å²) in [4.78, 5) is 4.38. The first-order valence-corrected chi connectivity index (χ1v) is 5.83. The SMILES string of the molecule is CCC(CC)c1ncc(-c2cccn2C)o1. The van der Waals surface area contributed by atoms with Crippen LogP contribution in [-0.4, -0.2) is 9.55 Å². The Balaban J connectivity index is 2.29. The Bertz CT molecular complexity index is 452. The van der Waals surface area contributed by atoms with Gasteiger partial charge in [-0.2, -0.15) is 0 Å². The summed E-state index contributed by atoms with van der Waals surface area (Å²) in [7, 11) is 2.01. The normalized spacial score (nSPS) is 11.2. The van der Waals surface area contributed by atoms with Crippen molar-refractivity contribution in [2.24, 2.45) is 7.05 Å². The van der Waals surface area contributed by atoms with Crippen molar-refractivity contribution in [3.63, 3.8) is 0 Å². The molecule has 0 aliphatic heterocycles. The lowest BCUT2D eigenvalue weighted by Crippen LogP contribution is -1.94. The maximum Gasteiger partial charge on any atom is 0.198 e. The van der Waals surface area contributed by atoms with E-state index in [0.29, 0.717) is 5.92 Å². The van der Waals surface area contributed by atoms with E-state index in [0.717, 1.165) is 30.2 Å². The summed E-state index contributed by atoms with van der Waals surface area (Å²) in [5.41, 5.74) is 1.07. The van der Waals surface area contributed by atoms with Crippen LogP contribution in [0.5, 0.6) is 0 Å². The van der Waals surface area contributed by atoms with E-state index >= 15 is 0 Å². The van der Waals surface area contributed by atoms with Gasteiger partial charge in [0.2, 0.25) is 0 Å². The highest BCUT2D eigenvalue weighted by Gasteiger charge is 2.15. The highest BCUT2D eigenvalue weighted by atomic mass is 16.4. The first kappa shape index (κ1) is 11.0. The molecule has 0 spiro atoms. The maximum absolute atomic E-state index is 5.82. The summed E-state index contributed by atoms with van der Waals surface area (Å²) in [6.07, 6.45) is 5.98. The molecule has 3 nitrogen and oxygen atoms in total. The van der Waals surface area contributed by atoms with E-state index in [9.17, 15) is 0 Å². The minimum absolute atomic E-state index is 0.439. The number of nitrogens with zero attached hydrogens (tertiary/aromatic N) is 2. The monoisotopic (exact) mass is 218 g/mol. The third kappa shape index (κ3) is 1.90. The molecular weight excluding hydrogens is 200 g/mol. The van der Waals surface area contributed by atoms with Crippen molar-refractivity contribution in [2.75, 3.05) is 0 Å². The van der Waals surface area contributed by atoms with E-state index in [1.165, 1.54) is 0 Å². The quantitative estimate of drug-likeness (QED) is 0.785. The van der Waals surface area contributed by atoms with Crippen molar-refractivity contribution in [3.05, 3.63) is 30.4 Å². The van der Waals surface area contributed by atoms with Gasteiger partial charge in [-0.3, -0.25) is 0 Å². The number of rotatable bonds is 4. The predicted octanol–water partition coefficient (Wildman–Crippen LogP) is 3.58. The van der Waals surface area contributed by atoms with E-state index in [1.54, 1.807) is 0 Å². The Kier molecular flexibility index (Phi) is 3.13. The highest BCUT2D eigenvalue weighted by molar-refractivity contribution is 5.51. The van der Waals surface area contributed by atoms with Crippen molar-refractivity contribution in [1.82, 2.24) is 9.55 Å². The molecule has 0 bridgehead atoms. The van der Waals surface area contributed by atoms with Gasteiger partial charge < -0.3 is 8.98 Å². The zero-order valence-corrected chi connectivity index (χ0v) is 10.1. The average Bonchev–Trinajstić information content (AvgIpc) is 2.89. The summed E-state index contributed by atoms with van der Waals surface area (Å²) in [5.74, 6) is 2.16. The lowest BCUT2D eigenvalue weighted by molar-refractivity contribution is 0.437. The van der Waals surface area contributed by atoms with Crippen molar-refractivity contribution in [1.29, 1.82) is 0 Å². The molecule has 2 aromatic rings. The molecule has 3 heteroatoms. The molecule has 0 aliphatic rings. The molecule has 0 saturated carbocycles. The maximum atomic E-state index is 5.82. The van der Waals surface area contributed by atoms with E-state index in [4.69, 9.17) is 4.42 Å². The predicted molar refractivity (Wildman–Crippen MR) is 64.2 cm³/mol. The van der Waals surface area contributed by atoms with Crippen LogP contribution in [0.3, 0.4) is 0 Å². The van der Waals surface area contributed by atoms with Gasteiger partial charge in [0.05, 0.1) is 11.9 Å². The number of oxazole rings is 1. The molecule has 0 amide bonds. The zero-order valence-electron chi connectivity index (χ0n) is 10.1. The Hall–Kier alpha value is -1.51. The Labute approximate surface area is 96.1 Å². The van der Waals surface area contributed by atoms with E-state index < -0.39 is 0 Å². The lowest BCUT2D eigenvalue weighted by Gasteiger charge is -2.06. The molecule has 2 rings (SSSR count). The van der Waals surface area contributed by atoms with Crippen LogP contribution in [0.4, 0.5) is 0 Å². The number of aryl methyl sites for hydroxylation is 1. The Morgan fingerprint density at radius 1 is 1.38 bits per heavy atom. The fraction of sp³-hybridized carbons (Fsp3) is 0.462.